The van der Waals surface area contributed by atoms with E-state index < -0.39 is 0 Å². The first-order chi connectivity index (χ1) is 7.76. The maximum Gasteiger partial charge on any atom is 0.152 e. The lowest BCUT2D eigenvalue weighted by molar-refractivity contribution is 0.479. The Hall–Kier alpha value is -0.640. The summed E-state index contributed by atoms with van der Waals surface area (Å²) in [5, 5.41) is 4.97. The molecule has 1 atom stereocenters. The van der Waals surface area contributed by atoms with Crippen LogP contribution in [0.3, 0.4) is 0 Å². The second-order valence-corrected chi connectivity index (χ2v) is 4.92. The highest BCUT2D eigenvalue weighted by atomic mass is 35.5. The van der Waals surface area contributed by atoms with E-state index in [1.54, 1.807) is 11.8 Å². The van der Waals surface area contributed by atoms with Crippen molar-refractivity contribution >= 4 is 34.3 Å². The quantitative estimate of drug-likeness (QED) is 0.902. The van der Waals surface area contributed by atoms with Gasteiger partial charge in [-0.25, -0.2) is 0 Å². The summed E-state index contributed by atoms with van der Waals surface area (Å²) in [6, 6.07) is 8.09. The lowest BCUT2D eigenvalue weighted by Gasteiger charge is -2.10. The van der Waals surface area contributed by atoms with Crippen molar-refractivity contribution in [2.75, 3.05) is 19.1 Å². The molecule has 0 saturated heterocycles. The summed E-state index contributed by atoms with van der Waals surface area (Å²) in [5.41, 5.74) is 0.778. The summed E-state index contributed by atoms with van der Waals surface area (Å²) in [6.45, 7) is 0. The molecule has 0 fully saturated rings. The fourth-order valence-corrected chi connectivity index (χ4v) is 2.58. The van der Waals surface area contributed by atoms with Gasteiger partial charge in [-0.3, -0.25) is 0 Å². The van der Waals surface area contributed by atoms with Crippen molar-refractivity contribution in [3.8, 4) is 0 Å². The Labute approximate surface area is 104 Å². The Balaban J connectivity index is 2.42. The third-order valence-electron chi connectivity index (χ3n) is 2.54. The summed E-state index contributed by atoms with van der Waals surface area (Å²) < 4.78 is 5.80. The van der Waals surface area contributed by atoms with Gasteiger partial charge in [0.15, 0.2) is 5.58 Å². The predicted octanol–water partition coefficient (Wildman–Crippen LogP) is 3.71. The number of halogens is 1. The zero-order valence-corrected chi connectivity index (χ0v) is 10.9. The molecular formula is C12H14ClNOS. The van der Waals surface area contributed by atoms with Gasteiger partial charge in [0.25, 0.3) is 0 Å². The number of fused-ring (bicyclic) bond motifs is 1. The molecule has 0 aliphatic carbocycles. The Morgan fingerprint density at radius 2 is 2.31 bits per heavy atom. The maximum atomic E-state index is 6.08. The van der Waals surface area contributed by atoms with E-state index in [0.29, 0.717) is 5.02 Å². The van der Waals surface area contributed by atoms with Crippen LogP contribution in [-0.4, -0.2) is 19.1 Å². The minimum absolute atomic E-state index is 0.235. The van der Waals surface area contributed by atoms with E-state index in [9.17, 15) is 0 Å². The second kappa shape index (κ2) is 5.13. The SMILES string of the molecule is CNC(CSC)c1cc2cccc(Cl)c2o1. The molecule has 0 saturated carbocycles. The van der Waals surface area contributed by atoms with Crippen LogP contribution in [0.4, 0.5) is 0 Å². The van der Waals surface area contributed by atoms with E-state index >= 15 is 0 Å². The van der Waals surface area contributed by atoms with Crippen LogP contribution in [0.15, 0.2) is 28.7 Å². The van der Waals surface area contributed by atoms with E-state index in [1.165, 1.54) is 0 Å². The van der Waals surface area contributed by atoms with Crippen LogP contribution in [0.25, 0.3) is 11.0 Å². The number of thioether (sulfide) groups is 1. The first-order valence-corrected chi connectivity index (χ1v) is 6.87. The van der Waals surface area contributed by atoms with Crippen molar-refractivity contribution in [3.05, 3.63) is 35.0 Å². The molecule has 1 unspecified atom stereocenters. The number of rotatable bonds is 4. The van der Waals surface area contributed by atoms with E-state index in [1.807, 2.05) is 25.2 Å². The van der Waals surface area contributed by atoms with Crippen molar-refractivity contribution in [1.29, 1.82) is 0 Å². The van der Waals surface area contributed by atoms with Crippen LogP contribution in [0.1, 0.15) is 11.8 Å². The molecule has 0 aliphatic heterocycles. The number of hydrogen-bond donors (Lipinski definition) is 1. The molecule has 0 amide bonds. The van der Waals surface area contributed by atoms with Gasteiger partial charge in [-0.15, -0.1) is 0 Å². The molecule has 2 aromatic rings. The van der Waals surface area contributed by atoms with Crippen molar-refractivity contribution in [1.82, 2.24) is 5.32 Å². The first-order valence-electron chi connectivity index (χ1n) is 5.10. The van der Waals surface area contributed by atoms with Crippen LogP contribution < -0.4 is 5.32 Å². The third-order valence-corrected chi connectivity index (χ3v) is 3.50. The van der Waals surface area contributed by atoms with Gasteiger partial charge in [-0.1, -0.05) is 23.7 Å². The fourth-order valence-electron chi connectivity index (χ4n) is 1.69. The highest BCUT2D eigenvalue weighted by Gasteiger charge is 2.14. The number of hydrogen-bond acceptors (Lipinski definition) is 3. The lowest BCUT2D eigenvalue weighted by Crippen LogP contribution is -2.17. The normalized spacial score (nSPS) is 13.2. The van der Waals surface area contributed by atoms with Gasteiger partial charge in [0.1, 0.15) is 5.76 Å². The smallest absolute Gasteiger partial charge is 0.152 e. The van der Waals surface area contributed by atoms with Gasteiger partial charge >= 0.3 is 0 Å². The van der Waals surface area contributed by atoms with E-state index in [-0.39, 0.29) is 6.04 Å². The number of nitrogens with one attached hydrogen (secondary N) is 1. The highest BCUT2D eigenvalue weighted by molar-refractivity contribution is 7.98. The average Bonchev–Trinajstić information content (AvgIpc) is 2.71. The standard InChI is InChI=1S/C12H14ClNOS/c1-14-10(7-16-2)11-6-8-4-3-5-9(13)12(8)15-11/h3-6,10,14H,7H2,1-2H3. The van der Waals surface area contributed by atoms with E-state index in [0.717, 1.165) is 22.5 Å². The third kappa shape index (κ3) is 2.21. The van der Waals surface area contributed by atoms with Gasteiger partial charge in [0.2, 0.25) is 0 Å². The summed E-state index contributed by atoms with van der Waals surface area (Å²) in [7, 11) is 1.94. The largest absolute Gasteiger partial charge is 0.458 e. The molecule has 1 heterocycles. The molecule has 1 N–H and O–H groups in total. The summed E-state index contributed by atoms with van der Waals surface area (Å²) in [4.78, 5) is 0. The van der Waals surface area contributed by atoms with Crippen LogP contribution in [0, 0.1) is 0 Å². The molecule has 0 spiro atoms. The van der Waals surface area contributed by atoms with Crippen LogP contribution >= 0.6 is 23.4 Å². The maximum absolute atomic E-state index is 6.08. The Morgan fingerprint density at radius 3 is 2.94 bits per heavy atom. The van der Waals surface area contributed by atoms with Gasteiger partial charge in [0.05, 0.1) is 11.1 Å². The molecule has 2 nitrogen and oxygen atoms in total. The van der Waals surface area contributed by atoms with Crippen molar-refractivity contribution in [2.24, 2.45) is 0 Å². The van der Waals surface area contributed by atoms with E-state index in [4.69, 9.17) is 16.0 Å². The molecule has 0 bridgehead atoms. The van der Waals surface area contributed by atoms with Crippen molar-refractivity contribution in [3.63, 3.8) is 0 Å². The van der Waals surface area contributed by atoms with E-state index in [2.05, 4.69) is 17.6 Å². The molecule has 86 valence electrons. The topological polar surface area (TPSA) is 25.2 Å². The monoisotopic (exact) mass is 255 g/mol. The molecule has 4 heteroatoms. The lowest BCUT2D eigenvalue weighted by atomic mass is 10.2. The van der Waals surface area contributed by atoms with Crippen LogP contribution in [0.5, 0.6) is 0 Å². The second-order valence-electron chi connectivity index (χ2n) is 3.60. The summed E-state index contributed by atoms with van der Waals surface area (Å²) in [6.07, 6.45) is 2.08. The zero-order valence-electron chi connectivity index (χ0n) is 9.29. The first kappa shape index (κ1) is 11.8. The fraction of sp³-hybridized carbons (Fsp3) is 0.333. The number of benzene rings is 1. The molecule has 0 aliphatic rings. The van der Waals surface area contributed by atoms with Gasteiger partial charge < -0.3 is 9.73 Å². The highest BCUT2D eigenvalue weighted by Crippen LogP contribution is 2.30. The summed E-state index contributed by atoms with van der Waals surface area (Å²) >= 11 is 7.86. The van der Waals surface area contributed by atoms with Gasteiger partial charge in [-0.05, 0) is 25.4 Å². The molecule has 2 rings (SSSR count). The average molecular weight is 256 g/mol. The minimum Gasteiger partial charge on any atom is -0.458 e. The molecule has 1 aromatic carbocycles. The Morgan fingerprint density at radius 1 is 1.50 bits per heavy atom. The van der Waals surface area contributed by atoms with Crippen LogP contribution in [0.2, 0.25) is 5.02 Å². The van der Waals surface area contributed by atoms with Gasteiger partial charge in [0, 0.05) is 11.1 Å². The number of para-hydroxylation sites is 1. The molecule has 1 aromatic heterocycles. The summed E-state index contributed by atoms with van der Waals surface area (Å²) in [5.74, 6) is 1.92. The van der Waals surface area contributed by atoms with Crippen molar-refractivity contribution in [2.45, 2.75) is 6.04 Å². The Kier molecular flexibility index (Phi) is 3.79. The minimum atomic E-state index is 0.235. The molecule has 16 heavy (non-hydrogen) atoms. The predicted molar refractivity (Wildman–Crippen MR) is 71.4 cm³/mol. The van der Waals surface area contributed by atoms with Crippen LogP contribution in [-0.2, 0) is 0 Å². The zero-order chi connectivity index (χ0) is 11.5. The van der Waals surface area contributed by atoms with Gasteiger partial charge in [-0.2, -0.15) is 11.8 Å². The molecular weight excluding hydrogens is 242 g/mol. The molecule has 0 radical (unpaired) electrons. The number of furan rings is 1. The Bertz CT molecular complexity index is 483. The van der Waals surface area contributed by atoms with Crippen molar-refractivity contribution < 1.29 is 4.42 Å².